The molecule has 0 atom stereocenters. The Balaban J connectivity index is 1.74. The molecule has 4 nitrogen and oxygen atoms in total. The number of halogens is 2. The molecule has 1 aromatic heterocycles. The van der Waals surface area contributed by atoms with Crippen molar-refractivity contribution in [3.63, 3.8) is 0 Å². The minimum Gasteiger partial charge on any atom is -0.497 e. The lowest BCUT2D eigenvalue weighted by atomic mass is 10.1. The van der Waals surface area contributed by atoms with Crippen LogP contribution in [-0.2, 0) is 0 Å². The van der Waals surface area contributed by atoms with Crippen molar-refractivity contribution in [1.82, 2.24) is 10.2 Å². The summed E-state index contributed by atoms with van der Waals surface area (Å²) in [6.45, 7) is 0. The van der Waals surface area contributed by atoms with Gasteiger partial charge >= 0.3 is 0 Å². The van der Waals surface area contributed by atoms with E-state index in [1.807, 2.05) is 12.1 Å². The van der Waals surface area contributed by atoms with E-state index in [4.69, 9.17) is 27.9 Å². The Morgan fingerprint density at radius 1 is 1.08 bits per heavy atom. The summed E-state index contributed by atoms with van der Waals surface area (Å²) >= 11 is 11.9. The Morgan fingerprint density at radius 2 is 1.84 bits per heavy atom. The fourth-order valence-electron chi connectivity index (χ4n) is 2.24. The first kappa shape index (κ1) is 17.3. The summed E-state index contributed by atoms with van der Waals surface area (Å²) in [5.74, 6) is 0.605. The zero-order valence-corrected chi connectivity index (χ0v) is 14.8. The summed E-state index contributed by atoms with van der Waals surface area (Å²) in [6.07, 6.45) is 3.18. The molecule has 0 bridgehead atoms. The van der Waals surface area contributed by atoms with Gasteiger partial charge in [0, 0.05) is 11.1 Å². The van der Waals surface area contributed by atoms with Crippen molar-refractivity contribution in [2.24, 2.45) is 0 Å². The van der Waals surface area contributed by atoms with Gasteiger partial charge in [-0.05, 0) is 54.6 Å². The average molecular weight is 373 g/mol. The lowest BCUT2D eigenvalue weighted by Crippen LogP contribution is -1.94. The van der Waals surface area contributed by atoms with E-state index in [2.05, 4.69) is 10.2 Å². The molecule has 0 amide bonds. The van der Waals surface area contributed by atoms with Crippen LogP contribution in [0.15, 0.2) is 54.6 Å². The number of ether oxygens (including phenoxy) is 1. The second-order valence-corrected chi connectivity index (χ2v) is 6.08. The molecule has 126 valence electrons. The zero-order valence-electron chi connectivity index (χ0n) is 13.3. The van der Waals surface area contributed by atoms with E-state index in [0.717, 1.165) is 11.3 Å². The first-order chi connectivity index (χ1) is 12.1. The van der Waals surface area contributed by atoms with Crippen LogP contribution in [0.3, 0.4) is 0 Å². The zero-order chi connectivity index (χ0) is 17.8. The van der Waals surface area contributed by atoms with Crippen molar-refractivity contribution in [3.05, 3.63) is 75.9 Å². The van der Waals surface area contributed by atoms with Crippen LogP contribution in [0.1, 0.15) is 16.1 Å². The second kappa shape index (κ2) is 7.55. The first-order valence-electron chi connectivity index (χ1n) is 7.44. The molecule has 0 radical (unpaired) electrons. The van der Waals surface area contributed by atoms with E-state index < -0.39 is 0 Å². The number of nitrogens with one attached hydrogen (secondary N) is 1. The number of hydrogen-bond acceptors (Lipinski definition) is 3. The molecule has 0 aliphatic heterocycles. The largest absolute Gasteiger partial charge is 0.497 e. The van der Waals surface area contributed by atoms with E-state index in [9.17, 15) is 4.79 Å². The molecule has 0 aliphatic rings. The molecule has 0 saturated carbocycles. The Labute approximate surface area is 155 Å². The molecular formula is C19H14Cl2N2O2. The molecule has 0 aliphatic carbocycles. The SMILES string of the molecule is COc1ccc(C(=O)C=Cc2cc(-c3ccc(Cl)c(Cl)c3)n[nH]2)cc1. The molecule has 0 saturated heterocycles. The number of ketones is 1. The Bertz CT molecular complexity index is 931. The predicted octanol–water partition coefficient (Wildman–Crippen LogP) is 5.29. The maximum Gasteiger partial charge on any atom is 0.185 e. The lowest BCUT2D eigenvalue weighted by molar-refractivity contribution is 0.104. The maximum atomic E-state index is 12.2. The highest BCUT2D eigenvalue weighted by atomic mass is 35.5. The Morgan fingerprint density at radius 3 is 2.52 bits per heavy atom. The molecule has 2 aromatic carbocycles. The summed E-state index contributed by atoms with van der Waals surface area (Å²) in [4.78, 5) is 12.2. The van der Waals surface area contributed by atoms with Gasteiger partial charge in [-0.1, -0.05) is 29.3 Å². The molecule has 1 N–H and O–H groups in total. The summed E-state index contributed by atoms with van der Waals surface area (Å²) in [6, 6.07) is 14.1. The molecular weight excluding hydrogens is 359 g/mol. The number of carbonyl (C=O) groups is 1. The summed E-state index contributed by atoms with van der Waals surface area (Å²) in [5, 5.41) is 8.06. The van der Waals surface area contributed by atoms with Crippen LogP contribution in [0, 0.1) is 0 Å². The highest BCUT2D eigenvalue weighted by molar-refractivity contribution is 6.42. The van der Waals surface area contributed by atoms with Gasteiger partial charge in [0.15, 0.2) is 5.78 Å². The van der Waals surface area contributed by atoms with Gasteiger partial charge in [-0.15, -0.1) is 0 Å². The van der Waals surface area contributed by atoms with Crippen molar-refractivity contribution >= 4 is 35.1 Å². The molecule has 6 heteroatoms. The van der Waals surface area contributed by atoms with E-state index in [1.54, 1.807) is 49.6 Å². The van der Waals surface area contributed by atoms with Crippen molar-refractivity contribution in [1.29, 1.82) is 0 Å². The number of H-pyrrole nitrogens is 1. The normalized spacial score (nSPS) is 11.0. The number of nitrogens with zero attached hydrogens (tertiary/aromatic N) is 1. The monoisotopic (exact) mass is 372 g/mol. The van der Waals surface area contributed by atoms with E-state index in [0.29, 0.717) is 27.1 Å². The second-order valence-electron chi connectivity index (χ2n) is 5.26. The molecule has 0 fully saturated rings. The number of hydrogen-bond donors (Lipinski definition) is 1. The van der Waals surface area contributed by atoms with Gasteiger partial charge in [0.1, 0.15) is 5.75 Å². The van der Waals surface area contributed by atoms with Gasteiger partial charge < -0.3 is 4.74 Å². The van der Waals surface area contributed by atoms with Crippen molar-refractivity contribution < 1.29 is 9.53 Å². The number of aromatic amines is 1. The van der Waals surface area contributed by atoms with Crippen molar-refractivity contribution in [2.45, 2.75) is 0 Å². The van der Waals surface area contributed by atoms with Gasteiger partial charge in [0.25, 0.3) is 0 Å². The van der Waals surface area contributed by atoms with Crippen molar-refractivity contribution in [2.75, 3.05) is 7.11 Å². The summed E-state index contributed by atoms with van der Waals surface area (Å²) in [7, 11) is 1.58. The molecule has 3 aromatic rings. The van der Waals surface area contributed by atoms with Crippen LogP contribution < -0.4 is 4.74 Å². The number of carbonyl (C=O) groups excluding carboxylic acids is 1. The fraction of sp³-hybridized carbons (Fsp3) is 0.0526. The summed E-state index contributed by atoms with van der Waals surface area (Å²) < 4.78 is 5.08. The molecule has 1 heterocycles. The van der Waals surface area contributed by atoms with Crippen LogP contribution >= 0.6 is 23.2 Å². The Kier molecular flexibility index (Phi) is 5.22. The lowest BCUT2D eigenvalue weighted by Gasteiger charge is -1.99. The summed E-state index contributed by atoms with van der Waals surface area (Å²) in [5.41, 5.74) is 2.85. The van der Waals surface area contributed by atoms with E-state index in [1.165, 1.54) is 6.08 Å². The standard InChI is InChI=1S/C19H14Cl2N2O2/c1-25-15-6-2-12(3-7-15)19(24)9-5-14-11-18(23-22-14)13-4-8-16(20)17(21)10-13/h2-11H,1H3,(H,22,23). The fourth-order valence-corrected chi connectivity index (χ4v) is 2.54. The molecule has 0 spiro atoms. The van der Waals surface area contributed by atoms with E-state index in [-0.39, 0.29) is 5.78 Å². The van der Waals surface area contributed by atoms with Crippen molar-refractivity contribution in [3.8, 4) is 17.0 Å². The van der Waals surface area contributed by atoms with Gasteiger partial charge in [-0.25, -0.2) is 0 Å². The quantitative estimate of drug-likeness (QED) is 0.489. The third kappa shape index (κ3) is 4.10. The molecule has 25 heavy (non-hydrogen) atoms. The van der Waals surface area contributed by atoms with E-state index >= 15 is 0 Å². The number of aromatic nitrogens is 2. The van der Waals surface area contributed by atoms with Crippen LogP contribution in [0.4, 0.5) is 0 Å². The van der Waals surface area contributed by atoms with Gasteiger partial charge in [0.2, 0.25) is 0 Å². The highest BCUT2D eigenvalue weighted by Crippen LogP contribution is 2.27. The minimum atomic E-state index is -0.103. The first-order valence-corrected chi connectivity index (χ1v) is 8.20. The number of rotatable bonds is 5. The number of benzene rings is 2. The van der Waals surface area contributed by atoms with Crippen LogP contribution in [0.5, 0.6) is 5.75 Å². The number of methoxy groups -OCH3 is 1. The highest BCUT2D eigenvalue weighted by Gasteiger charge is 2.06. The Hall–Kier alpha value is -2.56. The minimum absolute atomic E-state index is 0.103. The van der Waals surface area contributed by atoms with Crippen LogP contribution in [-0.4, -0.2) is 23.1 Å². The third-order valence-electron chi connectivity index (χ3n) is 3.60. The van der Waals surface area contributed by atoms with Crippen LogP contribution in [0.25, 0.3) is 17.3 Å². The number of allylic oxidation sites excluding steroid dienone is 1. The average Bonchev–Trinajstić information content (AvgIpc) is 3.11. The third-order valence-corrected chi connectivity index (χ3v) is 4.34. The van der Waals surface area contributed by atoms with Gasteiger partial charge in [0.05, 0.1) is 28.5 Å². The van der Waals surface area contributed by atoms with Crippen LogP contribution in [0.2, 0.25) is 10.0 Å². The van der Waals surface area contributed by atoms with Gasteiger partial charge in [-0.3, -0.25) is 9.89 Å². The molecule has 0 unspecified atom stereocenters. The molecule has 3 rings (SSSR count). The predicted molar refractivity (Wildman–Crippen MR) is 100 cm³/mol. The maximum absolute atomic E-state index is 12.2. The topological polar surface area (TPSA) is 55.0 Å². The smallest absolute Gasteiger partial charge is 0.185 e. The van der Waals surface area contributed by atoms with Gasteiger partial charge in [-0.2, -0.15) is 5.10 Å².